The fourth-order valence-electron chi connectivity index (χ4n) is 5.60. The van der Waals surface area contributed by atoms with Crippen LogP contribution in [0.3, 0.4) is 0 Å². The Balaban J connectivity index is 1.63. The van der Waals surface area contributed by atoms with Gasteiger partial charge in [0.15, 0.2) is 0 Å². The summed E-state index contributed by atoms with van der Waals surface area (Å²) in [6, 6.07) is 43.9. The molecule has 1 aliphatic rings. The van der Waals surface area contributed by atoms with E-state index in [0.29, 0.717) is 0 Å². The number of nitrogens with zero attached hydrogens (tertiary/aromatic N) is 1. The van der Waals surface area contributed by atoms with Gasteiger partial charge in [-0.25, -0.2) is 0 Å². The van der Waals surface area contributed by atoms with Crippen LogP contribution in [-0.4, -0.2) is 7.85 Å². The van der Waals surface area contributed by atoms with E-state index in [2.05, 4.69) is 148 Å². The second kappa shape index (κ2) is 8.32. The molecule has 0 amide bonds. The number of benzene rings is 5. The lowest BCUT2D eigenvalue weighted by Gasteiger charge is -2.30. The molecule has 35 heavy (non-hydrogen) atoms. The molecule has 0 saturated heterocycles. The first-order chi connectivity index (χ1) is 17.1. The Morgan fingerprint density at radius 3 is 2.03 bits per heavy atom. The minimum Gasteiger partial charge on any atom is -0.310 e. The maximum Gasteiger partial charge on any atom is 0.142 e. The lowest BCUT2D eigenvalue weighted by molar-refractivity contribution is 0.660. The molecule has 5 aromatic carbocycles. The van der Waals surface area contributed by atoms with Crippen LogP contribution in [0.1, 0.15) is 25.0 Å². The zero-order chi connectivity index (χ0) is 24.0. The molecule has 0 radical (unpaired) electrons. The van der Waals surface area contributed by atoms with Crippen molar-refractivity contribution in [2.75, 3.05) is 4.90 Å². The summed E-state index contributed by atoms with van der Waals surface area (Å²) in [7, 11) is 2.20. The molecule has 0 spiro atoms. The second-order valence-electron chi connectivity index (χ2n) is 9.91. The van der Waals surface area contributed by atoms with E-state index >= 15 is 0 Å². The SMILES string of the molecule is Bc1ccccc1N(c1cccc(-c2ccccc2)c1)c1cccc2c1-c1ccccc1C2(C)C. The minimum atomic E-state index is -0.0365. The average molecular weight is 449 g/mol. The summed E-state index contributed by atoms with van der Waals surface area (Å²) in [5, 5.41) is 0. The van der Waals surface area contributed by atoms with E-state index in [1.165, 1.54) is 50.2 Å². The van der Waals surface area contributed by atoms with Crippen LogP contribution < -0.4 is 10.4 Å². The van der Waals surface area contributed by atoms with E-state index in [4.69, 9.17) is 0 Å². The van der Waals surface area contributed by atoms with Gasteiger partial charge in [-0.2, -0.15) is 0 Å². The maximum atomic E-state index is 2.44. The third-order valence-corrected chi connectivity index (χ3v) is 7.39. The summed E-state index contributed by atoms with van der Waals surface area (Å²) in [6.45, 7) is 4.69. The monoisotopic (exact) mass is 449 g/mol. The van der Waals surface area contributed by atoms with Crippen LogP contribution in [0, 0.1) is 0 Å². The number of hydrogen-bond donors (Lipinski definition) is 0. The molecule has 0 bridgehead atoms. The predicted octanol–water partition coefficient (Wildman–Crippen LogP) is 7.39. The van der Waals surface area contributed by atoms with E-state index in [-0.39, 0.29) is 5.41 Å². The molecule has 0 aromatic heterocycles. The number of hydrogen-bond acceptors (Lipinski definition) is 1. The fourth-order valence-corrected chi connectivity index (χ4v) is 5.60. The van der Waals surface area contributed by atoms with Gasteiger partial charge in [-0.05, 0) is 52.1 Å². The zero-order valence-corrected chi connectivity index (χ0v) is 20.5. The Morgan fingerprint density at radius 1 is 0.571 bits per heavy atom. The van der Waals surface area contributed by atoms with Gasteiger partial charge in [0.1, 0.15) is 7.85 Å². The Bertz CT molecular complexity index is 1530. The highest BCUT2D eigenvalue weighted by atomic mass is 15.1. The highest BCUT2D eigenvalue weighted by Crippen LogP contribution is 2.53. The van der Waals surface area contributed by atoms with Gasteiger partial charge in [0.05, 0.1) is 5.69 Å². The van der Waals surface area contributed by atoms with Crippen molar-refractivity contribution in [3.63, 3.8) is 0 Å². The van der Waals surface area contributed by atoms with E-state index in [1.54, 1.807) is 0 Å². The summed E-state index contributed by atoms with van der Waals surface area (Å²) >= 11 is 0. The first-order valence-corrected chi connectivity index (χ1v) is 12.3. The van der Waals surface area contributed by atoms with E-state index in [0.717, 1.165) is 5.69 Å². The van der Waals surface area contributed by atoms with Gasteiger partial charge in [0, 0.05) is 22.4 Å². The lowest BCUT2D eigenvalue weighted by Crippen LogP contribution is -2.20. The normalized spacial score (nSPS) is 13.2. The molecule has 1 aliphatic carbocycles. The Hall–Kier alpha value is -4.04. The molecular formula is C33H28BN. The van der Waals surface area contributed by atoms with E-state index in [9.17, 15) is 0 Å². The second-order valence-corrected chi connectivity index (χ2v) is 9.91. The quantitative estimate of drug-likeness (QED) is 0.259. The van der Waals surface area contributed by atoms with Crippen molar-refractivity contribution >= 4 is 30.4 Å². The molecule has 168 valence electrons. The molecule has 0 N–H and O–H groups in total. The van der Waals surface area contributed by atoms with Gasteiger partial charge in [0.2, 0.25) is 0 Å². The van der Waals surface area contributed by atoms with Crippen LogP contribution in [0.15, 0.2) is 121 Å². The van der Waals surface area contributed by atoms with Crippen molar-refractivity contribution in [3.05, 3.63) is 132 Å². The molecule has 0 aliphatic heterocycles. The number of para-hydroxylation sites is 1. The standard InChI is InChI=1S/C33H28BN/c1-33(2)27-17-7-6-16-26(27)32-28(33)18-11-21-31(32)35(30-20-9-8-19-29(30)34)25-15-10-14-24(22-25)23-12-4-3-5-13-23/h3-22H,34H2,1-2H3. The first kappa shape index (κ1) is 21.5. The van der Waals surface area contributed by atoms with Gasteiger partial charge < -0.3 is 4.90 Å². The smallest absolute Gasteiger partial charge is 0.142 e. The summed E-state index contributed by atoms with van der Waals surface area (Å²) in [6.07, 6.45) is 0. The Morgan fingerprint density at radius 2 is 1.20 bits per heavy atom. The average Bonchev–Trinajstić information content (AvgIpc) is 3.14. The maximum absolute atomic E-state index is 2.44. The van der Waals surface area contributed by atoms with Gasteiger partial charge in [-0.1, -0.05) is 116 Å². The summed E-state index contributed by atoms with van der Waals surface area (Å²) in [5.41, 5.74) is 12.7. The van der Waals surface area contributed by atoms with Crippen molar-refractivity contribution < 1.29 is 0 Å². The van der Waals surface area contributed by atoms with Crippen molar-refractivity contribution in [2.45, 2.75) is 19.3 Å². The highest BCUT2D eigenvalue weighted by Gasteiger charge is 2.37. The van der Waals surface area contributed by atoms with Crippen molar-refractivity contribution in [3.8, 4) is 22.3 Å². The topological polar surface area (TPSA) is 3.24 Å². The molecule has 2 heteroatoms. The molecule has 5 aromatic rings. The predicted molar refractivity (Wildman–Crippen MR) is 152 cm³/mol. The Kier molecular flexibility index (Phi) is 5.11. The van der Waals surface area contributed by atoms with Crippen molar-refractivity contribution in [2.24, 2.45) is 0 Å². The minimum absolute atomic E-state index is 0.0365. The number of anilines is 3. The molecule has 0 fully saturated rings. The third-order valence-electron chi connectivity index (χ3n) is 7.39. The van der Waals surface area contributed by atoms with Crippen LogP contribution in [0.25, 0.3) is 22.3 Å². The summed E-state index contributed by atoms with van der Waals surface area (Å²) < 4.78 is 0. The molecule has 0 heterocycles. The van der Waals surface area contributed by atoms with Crippen LogP contribution in [0.2, 0.25) is 0 Å². The van der Waals surface area contributed by atoms with Gasteiger partial charge in [0.25, 0.3) is 0 Å². The Labute approximate surface area is 209 Å². The molecule has 6 rings (SSSR count). The number of rotatable bonds is 4. The molecule has 0 atom stereocenters. The summed E-state index contributed by atoms with van der Waals surface area (Å²) in [4.78, 5) is 2.44. The van der Waals surface area contributed by atoms with E-state index < -0.39 is 0 Å². The van der Waals surface area contributed by atoms with Gasteiger partial charge in [-0.15, -0.1) is 0 Å². The van der Waals surface area contributed by atoms with Crippen LogP contribution in [0.4, 0.5) is 17.1 Å². The molecule has 0 unspecified atom stereocenters. The van der Waals surface area contributed by atoms with Crippen LogP contribution in [-0.2, 0) is 5.41 Å². The number of fused-ring (bicyclic) bond motifs is 3. The van der Waals surface area contributed by atoms with Crippen LogP contribution >= 0.6 is 0 Å². The summed E-state index contributed by atoms with van der Waals surface area (Å²) in [5.74, 6) is 0. The third kappa shape index (κ3) is 3.49. The fraction of sp³-hybridized carbons (Fsp3) is 0.0909. The van der Waals surface area contributed by atoms with Crippen molar-refractivity contribution in [1.82, 2.24) is 0 Å². The van der Waals surface area contributed by atoms with E-state index in [1.807, 2.05) is 0 Å². The molecule has 0 saturated carbocycles. The first-order valence-electron chi connectivity index (χ1n) is 12.3. The van der Waals surface area contributed by atoms with Crippen LogP contribution in [0.5, 0.6) is 0 Å². The van der Waals surface area contributed by atoms with Gasteiger partial charge >= 0.3 is 0 Å². The largest absolute Gasteiger partial charge is 0.310 e. The highest BCUT2D eigenvalue weighted by molar-refractivity contribution is 6.36. The molecular weight excluding hydrogens is 421 g/mol. The molecule has 1 nitrogen and oxygen atoms in total. The zero-order valence-electron chi connectivity index (χ0n) is 20.5. The van der Waals surface area contributed by atoms with Crippen molar-refractivity contribution in [1.29, 1.82) is 0 Å². The van der Waals surface area contributed by atoms with Gasteiger partial charge in [-0.3, -0.25) is 0 Å². The lowest BCUT2D eigenvalue weighted by atomic mass is 9.82.